The number of ether oxygens (including phenoxy) is 1. The van der Waals surface area contributed by atoms with Gasteiger partial charge in [0.25, 0.3) is 11.7 Å². The van der Waals surface area contributed by atoms with Gasteiger partial charge in [0.15, 0.2) is 0 Å². The first kappa shape index (κ1) is 23.5. The summed E-state index contributed by atoms with van der Waals surface area (Å²) in [5.41, 5.74) is 2.57. The Morgan fingerprint density at radius 3 is 2.42 bits per heavy atom. The number of carbonyl (C=O) groups excluding carboxylic acids is 2. The number of aliphatic hydroxyl groups is 1. The van der Waals surface area contributed by atoms with Crippen molar-refractivity contribution in [1.29, 1.82) is 0 Å². The molecule has 0 saturated carbocycles. The third-order valence-electron chi connectivity index (χ3n) is 6.05. The molecule has 1 aliphatic heterocycles. The molecular weight excluding hydrogens is 477 g/mol. The monoisotopic (exact) mass is 499 g/mol. The van der Waals surface area contributed by atoms with Gasteiger partial charge in [-0.15, -0.1) is 11.3 Å². The molecule has 180 valence electrons. The molecule has 0 aliphatic carbocycles. The molecule has 7 heteroatoms. The summed E-state index contributed by atoms with van der Waals surface area (Å²) in [5.74, 6) is -1.64. The number of halogens is 1. The minimum Gasteiger partial charge on any atom is -0.507 e. The van der Waals surface area contributed by atoms with E-state index in [-0.39, 0.29) is 11.3 Å². The van der Waals surface area contributed by atoms with E-state index in [1.54, 1.807) is 24.3 Å². The normalized spacial score (nSPS) is 16.9. The third-order valence-corrected chi connectivity index (χ3v) is 6.97. The van der Waals surface area contributed by atoms with Gasteiger partial charge in [0.2, 0.25) is 0 Å². The molecule has 1 saturated heterocycles. The lowest BCUT2D eigenvalue weighted by atomic mass is 9.98. The smallest absolute Gasteiger partial charge is 0.300 e. The Morgan fingerprint density at radius 1 is 1.00 bits per heavy atom. The second kappa shape index (κ2) is 9.79. The fourth-order valence-electron chi connectivity index (χ4n) is 4.27. The second-order valence-corrected chi connectivity index (χ2v) is 9.39. The molecule has 5 nitrogen and oxygen atoms in total. The van der Waals surface area contributed by atoms with E-state index in [9.17, 15) is 19.1 Å². The van der Waals surface area contributed by atoms with E-state index in [1.165, 1.54) is 40.5 Å². The summed E-state index contributed by atoms with van der Waals surface area (Å²) in [6.07, 6.45) is 0. The van der Waals surface area contributed by atoms with E-state index in [0.29, 0.717) is 28.5 Å². The van der Waals surface area contributed by atoms with E-state index in [1.807, 2.05) is 48.7 Å². The largest absolute Gasteiger partial charge is 0.507 e. The van der Waals surface area contributed by atoms with Gasteiger partial charge in [-0.1, -0.05) is 36.4 Å². The van der Waals surface area contributed by atoms with Crippen molar-refractivity contribution in [3.05, 3.63) is 123 Å². The Bertz CT molecular complexity index is 1450. The molecular formula is C29H22FNO4S. The molecule has 1 atom stereocenters. The third kappa shape index (κ3) is 4.41. The fraction of sp³-hybridized carbons (Fsp3) is 0.103. The van der Waals surface area contributed by atoms with Crippen LogP contribution in [0.25, 0.3) is 5.76 Å². The summed E-state index contributed by atoms with van der Waals surface area (Å²) in [5, 5.41) is 13.1. The number of Topliss-reactive ketones (excluding diaryl/α,β-unsaturated/α-hetero) is 1. The molecule has 5 rings (SSSR count). The Balaban J connectivity index is 1.52. The van der Waals surface area contributed by atoms with E-state index in [0.717, 1.165) is 11.1 Å². The van der Waals surface area contributed by atoms with Crippen molar-refractivity contribution in [1.82, 2.24) is 0 Å². The van der Waals surface area contributed by atoms with Crippen LogP contribution in [0, 0.1) is 12.7 Å². The maximum Gasteiger partial charge on any atom is 0.300 e. The van der Waals surface area contributed by atoms with Gasteiger partial charge in [0.05, 0.1) is 5.57 Å². The van der Waals surface area contributed by atoms with Crippen molar-refractivity contribution >= 4 is 34.5 Å². The predicted octanol–water partition coefficient (Wildman–Crippen LogP) is 6.40. The number of aryl methyl sites for hydroxylation is 1. The molecule has 0 radical (unpaired) electrons. The molecule has 36 heavy (non-hydrogen) atoms. The molecule has 1 unspecified atom stereocenters. The topological polar surface area (TPSA) is 66.8 Å². The predicted molar refractivity (Wildman–Crippen MR) is 137 cm³/mol. The van der Waals surface area contributed by atoms with Crippen LogP contribution in [-0.2, 0) is 16.2 Å². The van der Waals surface area contributed by atoms with Crippen LogP contribution in [-0.4, -0.2) is 16.8 Å². The highest BCUT2D eigenvalue weighted by molar-refractivity contribution is 7.10. The number of nitrogens with zero attached hydrogens (tertiary/aromatic N) is 1. The average Bonchev–Trinajstić information content (AvgIpc) is 3.51. The Morgan fingerprint density at radius 2 is 1.75 bits per heavy atom. The van der Waals surface area contributed by atoms with Crippen LogP contribution in [0.2, 0.25) is 0 Å². The molecule has 1 aliphatic rings. The second-order valence-electron chi connectivity index (χ2n) is 8.42. The first-order valence-electron chi connectivity index (χ1n) is 11.3. The zero-order valence-electron chi connectivity index (χ0n) is 19.4. The van der Waals surface area contributed by atoms with Crippen LogP contribution in [0.5, 0.6) is 5.75 Å². The van der Waals surface area contributed by atoms with Gasteiger partial charge < -0.3 is 9.84 Å². The minimum atomic E-state index is -0.829. The molecule has 4 aromatic rings. The van der Waals surface area contributed by atoms with Crippen LogP contribution in [0.15, 0.2) is 95.9 Å². The number of anilines is 1. The van der Waals surface area contributed by atoms with Crippen LogP contribution < -0.4 is 9.64 Å². The number of thiophene rings is 1. The Kier molecular flexibility index (Phi) is 6.40. The SMILES string of the molecule is Cc1cc(/C(O)=C2/C(=O)C(=O)N(c3ccc(F)cc3)C2c2cccs2)ccc1OCc1ccccc1. The molecule has 3 aromatic carbocycles. The van der Waals surface area contributed by atoms with Crippen molar-refractivity contribution in [2.75, 3.05) is 4.90 Å². The highest BCUT2D eigenvalue weighted by Gasteiger charge is 2.47. The minimum absolute atomic E-state index is 0.0101. The summed E-state index contributed by atoms with van der Waals surface area (Å²) in [4.78, 5) is 28.3. The number of aliphatic hydroxyl groups excluding tert-OH is 1. The highest BCUT2D eigenvalue weighted by atomic mass is 32.1. The molecule has 1 amide bonds. The highest BCUT2D eigenvalue weighted by Crippen LogP contribution is 2.43. The lowest BCUT2D eigenvalue weighted by Gasteiger charge is -2.24. The van der Waals surface area contributed by atoms with Gasteiger partial charge in [-0.3, -0.25) is 14.5 Å². The van der Waals surface area contributed by atoms with E-state index < -0.39 is 23.5 Å². The molecule has 1 N–H and O–H groups in total. The molecule has 0 bridgehead atoms. The average molecular weight is 500 g/mol. The van der Waals surface area contributed by atoms with E-state index in [4.69, 9.17) is 4.74 Å². The van der Waals surface area contributed by atoms with Crippen LogP contribution >= 0.6 is 11.3 Å². The number of ketones is 1. The van der Waals surface area contributed by atoms with E-state index in [2.05, 4.69) is 0 Å². The zero-order chi connectivity index (χ0) is 25.2. The summed E-state index contributed by atoms with van der Waals surface area (Å²) in [6.45, 7) is 2.25. The standard InChI is InChI=1S/C29H22FNO4S/c1-18-16-20(9-14-23(18)35-17-19-6-3-2-4-7-19)27(32)25-26(24-8-5-15-36-24)31(29(34)28(25)33)22-12-10-21(30)11-13-22/h2-16,26,32H,17H2,1H3/b27-25-. The number of hydrogen-bond donors (Lipinski definition) is 1. The lowest BCUT2D eigenvalue weighted by molar-refractivity contribution is -0.132. The van der Waals surface area contributed by atoms with Gasteiger partial charge in [0.1, 0.15) is 30.0 Å². The fourth-order valence-corrected chi connectivity index (χ4v) is 5.09. The van der Waals surface area contributed by atoms with Crippen LogP contribution in [0.4, 0.5) is 10.1 Å². The van der Waals surface area contributed by atoms with Crippen molar-refractivity contribution in [2.24, 2.45) is 0 Å². The maximum absolute atomic E-state index is 13.5. The van der Waals surface area contributed by atoms with Crippen molar-refractivity contribution in [3.63, 3.8) is 0 Å². The summed E-state index contributed by atoms with van der Waals surface area (Å²) in [6, 6.07) is 23.1. The van der Waals surface area contributed by atoms with Gasteiger partial charge >= 0.3 is 0 Å². The molecule has 0 spiro atoms. The number of carbonyl (C=O) groups is 2. The first-order valence-corrected chi connectivity index (χ1v) is 12.2. The van der Waals surface area contributed by atoms with Crippen molar-refractivity contribution < 1.29 is 23.8 Å². The Labute approximate surface area is 211 Å². The number of hydrogen-bond acceptors (Lipinski definition) is 5. The number of rotatable bonds is 6. The molecule has 2 heterocycles. The lowest BCUT2D eigenvalue weighted by Crippen LogP contribution is -2.29. The van der Waals surface area contributed by atoms with E-state index >= 15 is 0 Å². The van der Waals surface area contributed by atoms with Gasteiger partial charge in [0, 0.05) is 16.1 Å². The van der Waals surface area contributed by atoms with Gasteiger partial charge in [-0.05, 0) is 72.0 Å². The summed E-state index contributed by atoms with van der Waals surface area (Å²) >= 11 is 1.37. The molecule has 1 fully saturated rings. The number of benzene rings is 3. The maximum atomic E-state index is 13.5. The van der Waals surface area contributed by atoms with Crippen LogP contribution in [0.3, 0.4) is 0 Å². The quantitative estimate of drug-likeness (QED) is 0.189. The molecule has 1 aromatic heterocycles. The summed E-state index contributed by atoms with van der Waals surface area (Å²) < 4.78 is 19.5. The zero-order valence-corrected chi connectivity index (χ0v) is 20.2. The van der Waals surface area contributed by atoms with Crippen LogP contribution in [0.1, 0.15) is 27.6 Å². The van der Waals surface area contributed by atoms with Crippen molar-refractivity contribution in [3.8, 4) is 5.75 Å². The Hall–Kier alpha value is -4.23. The van der Waals surface area contributed by atoms with Gasteiger partial charge in [-0.25, -0.2) is 4.39 Å². The number of amides is 1. The first-order chi connectivity index (χ1) is 17.4. The van der Waals surface area contributed by atoms with Gasteiger partial charge in [-0.2, -0.15) is 0 Å². The van der Waals surface area contributed by atoms with Crippen molar-refractivity contribution in [2.45, 2.75) is 19.6 Å². The summed E-state index contributed by atoms with van der Waals surface area (Å²) in [7, 11) is 0.